The van der Waals surface area contributed by atoms with Gasteiger partial charge in [0.1, 0.15) is 9.63 Å². The molecule has 0 saturated heterocycles. The molecule has 0 aromatic carbocycles. The van der Waals surface area contributed by atoms with Gasteiger partial charge in [-0.1, -0.05) is 6.07 Å². The van der Waals surface area contributed by atoms with Gasteiger partial charge in [0, 0.05) is 7.05 Å². The molecule has 0 aliphatic rings. The van der Waals surface area contributed by atoms with Gasteiger partial charge in [0.05, 0.1) is 0 Å². The third kappa shape index (κ3) is 2.29. The molecular weight excluding hydrogens is 280 g/mol. The Balaban J connectivity index is 2.29. The minimum Gasteiger partial charge on any atom is -0.273 e. The van der Waals surface area contributed by atoms with Crippen LogP contribution in [0.1, 0.15) is 0 Å². The van der Waals surface area contributed by atoms with Gasteiger partial charge in [-0.3, -0.25) is 4.57 Å². The van der Waals surface area contributed by atoms with E-state index in [9.17, 15) is 4.79 Å². The van der Waals surface area contributed by atoms with Crippen LogP contribution in [0.25, 0.3) is 0 Å². The Morgan fingerprint density at radius 3 is 2.93 bits per heavy atom. The van der Waals surface area contributed by atoms with Crippen LogP contribution in [0.2, 0.25) is 0 Å². The third-order valence-electron chi connectivity index (χ3n) is 1.72. The van der Waals surface area contributed by atoms with Crippen LogP contribution in [0, 0.1) is 0 Å². The minimum atomic E-state index is -0.229. The second kappa shape index (κ2) is 4.19. The highest BCUT2D eigenvalue weighted by Crippen LogP contribution is 2.23. The SMILES string of the molecule is Cn1c(Sc2cccc(Br)n2)n[nH]c1=O. The highest BCUT2D eigenvalue weighted by Gasteiger charge is 2.06. The summed E-state index contributed by atoms with van der Waals surface area (Å²) in [4.78, 5) is 15.3. The predicted molar refractivity (Wildman–Crippen MR) is 59.9 cm³/mol. The van der Waals surface area contributed by atoms with Crippen LogP contribution < -0.4 is 5.69 Å². The number of hydrogen-bond donors (Lipinski definition) is 1. The average Bonchev–Trinajstić information content (AvgIpc) is 2.50. The Bertz CT molecular complexity index is 535. The summed E-state index contributed by atoms with van der Waals surface area (Å²) in [5, 5.41) is 7.61. The highest BCUT2D eigenvalue weighted by atomic mass is 79.9. The number of halogens is 1. The van der Waals surface area contributed by atoms with Crippen molar-refractivity contribution in [1.29, 1.82) is 0 Å². The molecular formula is C8H7BrN4OS. The molecule has 7 heteroatoms. The van der Waals surface area contributed by atoms with Crippen molar-refractivity contribution in [3.63, 3.8) is 0 Å². The lowest BCUT2D eigenvalue weighted by molar-refractivity contribution is 0.764. The number of nitrogens with zero attached hydrogens (tertiary/aromatic N) is 3. The summed E-state index contributed by atoms with van der Waals surface area (Å²) in [5.41, 5.74) is -0.229. The maximum absolute atomic E-state index is 11.1. The van der Waals surface area contributed by atoms with Gasteiger partial charge in [0.15, 0.2) is 5.16 Å². The van der Waals surface area contributed by atoms with Crippen molar-refractivity contribution in [1.82, 2.24) is 19.7 Å². The van der Waals surface area contributed by atoms with Gasteiger partial charge in [-0.2, -0.15) is 0 Å². The van der Waals surface area contributed by atoms with E-state index in [1.165, 1.54) is 16.3 Å². The molecule has 0 aliphatic carbocycles. The van der Waals surface area contributed by atoms with Crippen molar-refractivity contribution in [2.24, 2.45) is 7.05 Å². The first-order valence-electron chi connectivity index (χ1n) is 4.08. The Hall–Kier alpha value is -1.08. The fraction of sp³-hybridized carbons (Fsp3) is 0.125. The van der Waals surface area contributed by atoms with Crippen molar-refractivity contribution in [3.8, 4) is 0 Å². The fourth-order valence-electron chi connectivity index (χ4n) is 0.964. The van der Waals surface area contributed by atoms with Crippen LogP contribution in [0.3, 0.4) is 0 Å². The number of hydrogen-bond acceptors (Lipinski definition) is 4. The quantitative estimate of drug-likeness (QED) is 0.848. The number of aromatic nitrogens is 4. The molecule has 1 N–H and O–H groups in total. The van der Waals surface area contributed by atoms with Gasteiger partial charge in [-0.15, -0.1) is 5.10 Å². The van der Waals surface area contributed by atoms with E-state index in [2.05, 4.69) is 31.1 Å². The van der Waals surface area contributed by atoms with Crippen molar-refractivity contribution >= 4 is 27.7 Å². The maximum Gasteiger partial charge on any atom is 0.343 e. The van der Waals surface area contributed by atoms with Gasteiger partial charge in [0.2, 0.25) is 0 Å². The monoisotopic (exact) mass is 286 g/mol. The Kier molecular flexibility index (Phi) is 2.92. The second-order valence-corrected chi connectivity index (χ2v) is 4.57. The van der Waals surface area contributed by atoms with Crippen LogP contribution in [0.15, 0.2) is 37.8 Å². The minimum absolute atomic E-state index is 0.229. The third-order valence-corrected chi connectivity index (χ3v) is 3.15. The summed E-state index contributed by atoms with van der Waals surface area (Å²) < 4.78 is 2.20. The molecule has 2 heterocycles. The zero-order chi connectivity index (χ0) is 10.8. The van der Waals surface area contributed by atoms with E-state index in [-0.39, 0.29) is 5.69 Å². The number of pyridine rings is 1. The highest BCUT2D eigenvalue weighted by molar-refractivity contribution is 9.10. The standard InChI is InChI=1S/C8H7BrN4OS/c1-13-7(14)11-12-8(13)15-6-4-2-3-5(9)10-6/h2-4H,1H3,(H,11,14). The van der Waals surface area contributed by atoms with Crippen LogP contribution in [0.4, 0.5) is 0 Å². The molecule has 2 aromatic rings. The van der Waals surface area contributed by atoms with Gasteiger partial charge >= 0.3 is 5.69 Å². The first-order chi connectivity index (χ1) is 7.16. The van der Waals surface area contributed by atoms with Crippen LogP contribution >= 0.6 is 27.7 Å². The molecule has 2 aromatic heterocycles. The molecule has 15 heavy (non-hydrogen) atoms. The van der Waals surface area contributed by atoms with Crippen molar-refractivity contribution in [3.05, 3.63) is 33.3 Å². The van der Waals surface area contributed by atoms with E-state index < -0.39 is 0 Å². The van der Waals surface area contributed by atoms with E-state index in [1.54, 1.807) is 7.05 Å². The molecule has 0 bridgehead atoms. The molecule has 0 radical (unpaired) electrons. The molecule has 0 amide bonds. The molecule has 0 unspecified atom stereocenters. The molecule has 0 atom stereocenters. The van der Waals surface area contributed by atoms with Crippen molar-refractivity contribution in [2.45, 2.75) is 10.2 Å². The van der Waals surface area contributed by atoms with Gasteiger partial charge in [0.25, 0.3) is 0 Å². The summed E-state index contributed by atoms with van der Waals surface area (Å²) in [6, 6.07) is 5.58. The number of aromatic amines is 1. The van der Waals surface area contributed by atoms with E-state index >= 15 is 0 Å². The Morgan fingerprint density at radius 2 is 2.33 bits per heavy atom. The maximum atomic E-state index is 11.1. The van der Waals surface area contributed by atoms with E-state index in [0.29, 0.717) is 5.16 Å². The fourth-order valence-corrected chi connectivity index (χ4v) is 2.21. The van der Waals surface area contributed by atoms with Gasteiger partial charge < -0.3 is 0 Å². The van der Waals surface area contributed by atoms with Crippen molar-refractivity contribution in [2.75, 3.05) is 0 Å². The Labute approximate surface area is 98.1 Å². The van der Waals surface area contributed by atoms with Gasteiger partial charge in [-0.25, -0.2) is 14.9 Å². The predicted octanol–water partition coefficient (Wildman–Crippen LogP) is 1.42. The average molecular weight is 287 g/mol. The molecule has 0 saturated carbocycles. The van der Waals surface area contributed by atoms with Crippen LogP contribution in [-0.4, -0.2) is 19.7 Å². The number of rotatable bonds is 2. The molecule has 78 valence electrons. The molecule has 2 rings (SSSR count). The summed E-state index contributed by atoms with van der Waals surface area (Å²) >= 11 is 4.61. The lowest BCUT2D eigenvalue weighted by Gasteiger charge is -1.98. The molecule has 5 nitrogen and oxygen atoms in total. The Morgan fingerprint density at radius 1 is 1.53 bits per heavy atom. The largest absolute Gasteiger partial charge is 0.343 e. The molecule has 0 spiro atoms. The van der Waals surface area contributed by atoms with Gasteiger partial charge in [-0.05, 0) is 39.8 Å². The zero-order valence-corrected chi connectivity index (χ0v) is 10.2. The van der Waals surface area contributed by atoms with Crippen LogP contribution in [-0.2, 0) is 7.05 Å². The zero-order valence-electron chi connectivity index (χ0n) is 7.77. The summed E-state index contributed by atoms with van der Waals surface area (Å²) in [7, 11) is 1.66. The number of H-pyrrole nitrogens is 1. The molecule has 0 aliphatic heterocycles. The normalized spacial score (nSPS) is 10.5. The van der Waals surface area contributed by atoms with Crippen LogP contribution in [0.5, 0.6) is 0 Å². The number of nitrogens with one attached hydrogen (secondary N) is 1. The summed E-state index contributed by atoms with van der Waals surface area (Å²) in [5.74, 6) is 0. The lowest BCUT2D eigenvalue weighted by atomic mass is 10.5. The first-order valence-corrected chi connectivity index (χ1v) is 5.69. The summed E-state index contributed by atoms with van der Waals surface area (Å²) in [6.07, 6.45) is 0. The first kappa shape index (κ1) is 10.4. The van der Waals surface area contributed by atoms with E-state index in [4.69, 9.17) is 0 Å². The topological polar surface area (TPSA) is 63.6 Å². The smallest absolute Gasteiger partial charge is 0.273 e. The van der Waals surface area contributed by atoms with Crippen molar-refractivity contribution < 1.29 is 0 Å². The molecule has 0 fully saturated rings. The van der Waals surface area contributed by atoms with E-state index in [0.717, 1.165) is 9.63 Å². The lowest BCUT2D eigenvalue weighted by Crippen LogP contribution is -2.12. The summed E-state index contributed by atoms with van der Waals surface area (Å²) in [6.45, 7) is 0. The second-order valence-electron chi connectivity index (χ2n) is 2.77. The van der Waals surface area contributed by atoms with E-state index in [1.807, 2.05) is 18.2 Å².